The van der Waals surface area contributed by atoms with Crippen LogP contribution in [0.1, 0.15) is 32.8 Å². The lowest BCUT2D eigenvalue weighted by Crippen LogP contribution is -2.11. The minimum absolute atomic E-state index is 0.190. The molecule has 0 N–H and O–H groups in total. The van der Waals surface area contributed by atoms with Crippen molar-refractivity contribution in [1.82, 2.24) is 0 Å². The molecule has 1 aromatic carbocycles. The van der Waals surface area contributed by atoms with E-state index in [4.69, 9.17) is 16.3 Å². The maximum Gasteiger partial charge on any atom is 0.137 e. The first-order chi connectivity index (χ1) is 8.42. The summed E-state index contributed by atoms with van der Waals surface area (Å²) >= 11 is 5.51. The second kappa shape index (κ2) is 6.66. The first-order valence-corrected chi connectivity index (χ1v) is 6.43. The molecule has 0 bridgehead atoms. The average molecular weight is 269 g/mol. The molecule has 3 heteroatoms. The summed E-state index contributed by atoms with van der Waals surface area (Å²) in [5.41, 5.74) is 0.862. The predicted molar refractivity (Wildman–Crippen MR) is 73.6 cm³/mol. The van der Waals surface area contributed by atoms with E-state index >= 15 is 0 Å². The summed E-state index contributed by atoms with van der Waals surface area (Å²) in [6, 6.07) is 4.34. The SMILES string of the molecule is CC(C)(C)CCOc1cc(F)ccc1C#CCCl. The second-order valence-corrected chi connectivity index (χ2v) is 5.50. The fourth-order valence-corrected chi connectivity index (χ4v) is 1.38. The molecule has 0 heterocycles. The standard InChI is InChI=1S/C15H18ClFO/c1-15(2,3)8-10-18-14-11-13(17)7-6-12(14)5-4-9-16/h6-7,11H,8-10H2,1-3H3. The predicted octanol–water partition coefficient (Wildman–Crippen LogP) is 4.23. The third-order valence-corrected chi connectivity index (χ3v) is 2.48. The molecule has 0 amide bonds. The highest BCUT2D eigenvalue weighted by Crippen LogP contribution is 2.22. The molecule has 0 unspecified atom stereocenters. The van der Waals surface area contributed by atoms with Crippen molar-refractivity contribution in [3.8, 4) is 17.6 Å². The molecule has 0 aromatic heterocycles. The van der Waals surface area contributed by atoms with Crippen molar-refractivity contribution in [3.63, 3.8) is 0 Å². The first-order valence-electron chi connectivity index (χ1n) is 5.89. The van der Waals surface area contributed by atoms with Crippen molar-refractivity contribution in [2.24, 2.45) is 5.41 Å². The molecule has 18 heavy (non-hydrogen) atoms. The molecular formula is C15H18ClFO. The smallest absolute Gasteiger partial charge is 0.137 e. The highest BCUT2D eigenvalue weighted by atomic mass is 35.5. The van der Waals surface area contributed by atoms with Crippen LogP contribution in [0.25, 0.3) is 0 Å². The molecule has 1 rings (SSSR count). The Bertz CT molecular complexity index is 452. The van der Waals surface area contributed by atoms with Crippen LogP contribution in [0.2, 0.25) is 0 Å². The Hall–Kier alpha value is -1.20. The van der Waals surface area contributed by atoms with E-state index in [-0.39, 0.29) is 17.1 Å². The number of halogens is 2. The van der Waals surface area contributed by atoms with Gasteiger partial charge in [-0.3, -0.25) is 0 Å². The largest absolute Gasteiger partial charge is 0.492 e. The van der Waals surface area contributed by atoms with Gasteiger partial charge < -0.3 is 4.74 Å². The Morgan fingerprint density at radius 3 is 2.67 bits per heavy atom. The molecule has 0 aliphatic rings. The van der Waals surface area contributed by atoms with E-state index in [1.54, 1.807) is 6.07 Å². The summed E-state index contributed by atoms with van der Waals surface area (Å²) in [7, 11) is 0. The van der Waals surface area contributed by atoms with Gasteiger partial charge in [0.15, 0.2) is 0 Å². The Morgan fingerprint density at radius 2 is 2.06 bits per heavy atom. The quantitative estimate of drug-likeness (QED) is 0.589. The third kappa shape index (κ3) is 5.42. The van der Waals surface area contributed by atoms with Gasteiger partial charge in [0.2, 0.25) is 0 Å². The lowest BCUT2D eigenvalue weighted by atomic mass is 9.93. The summed E-state index contributed by atoms with van der Waals surface area (Å²) in [6.45, 7) is 6.95. The van der Waals surface area contributed by atoms with Gasteiger partial charge in [0, 0.05) is 6.07 Å². The zero-order valence-corrected chi connectivity index (χ0v) is 11.8. The fraction of sp³-hybridized carbons (Fsp3) is 0.467. The van der Waals surface area contributed by atoms with Crippen LogP contribution < -0.4 is 4.74 Å². The normalized spacial score (nSPS) is 10.7. The first kappa shape index (κ1) is 14.9. The monoisotopic (exact) mass is 268 g/mol. The van der Waals surface area contributed by atoms with Gasteiger partial charge in [-0.15, -0.1) is 11.6 Å². The van der Waals surface area contributed by atoms with Gasteiger partial charge in [0.25, 0.3) is 0 Å². The van der Waals surface area contributed by atoms with Crippen LogP contribution in [0.4, 0.5) is 4.39 Å². The zero-order valence-electron chi connectivity index (χ0n) is 11.0. The lowest BCUT2D eigenvalue weighted by Gasteiger charge is -2.18. The van der Waals surface area contributed by atoms with Crippen molar-refractivity contribution in [2.45, 2.75) is 27.2 Å². The van der Waals surface area contributed by atoms with E-state index in [2.05, 4.69) is 32.6 Å². The zero-order chi connectivity index (χ0) is 13.6. The second-order valence-electron chi connectivity index (χ2n) is 5.24. The van der Waals surface area contributed by atoms with Crippen molar-refractivity contribution >= 4 is 11.6 Å². The van der Waals surface area contributed by atoms with Gasteiger partial charge in [-0.2, -0.15) is 0 Å². The van der Waals surface area contributed by atoms with E-state index in [1.165, 1.54) is 12.1 Å². The van der Waals surface area contributed by atoms with E-state index in [9.17, 15) is 4.39 Å². The van der Waals surface area contributed by atoms with E-state index in [0.29, 0.717) is 17.9 Å². The van der Waals surface area contributed by atoms with Crippen LogP contribution >= 0.6 is 11.6 Å². The summed E-state index contributed by atoms with van der Waals surface area (Å²) in [5.74, 6) is 6.02. The van der Waals surface area contributed by atoms with Crippen LogP contribution in [0.3, 0.4) is 0 Å². The van der Waals surface area contributed by atoms with Gasteiger partial charge in [0.1, 0.15) is 11.6 Å². The minimum atomic E-state index is -0.322. The average Bonchev–Trinajstić information content (AvgIpc) is 2.26. The molecule has 0 spiro atoms. The molecule has 0 atom stereocenters. The summed E-state index contributed by atoms with van der Waals surface area (Å²) in [5, 5.41) is 0. The molecule has 1 nitrogen and oxygen atoms in total. The van der Waals surface area contributed by atoms with Crippen LogP contribution in [-0.4, -0.2) is 12.5 Å². The maximum atomic E-state index is 13.2. The van der Waals surface area contributed by atoms with E-state index in [1.807, 2.05) is 0 Å². The number of hydrogen-bond donors (Lipinski definition) is 0. The summed E-state index contributed by atoms with van der Waals surface area (Å²) < 4.78 is 18.8. The number of benzene rings is 1. The van der Waals surface area contributed by atoms with Gasteiger partial charge in [0.05, 0.1) is 18.1 Å². The van der Waals surface area contributed by atoms with Gasteiger partial charge >= 0.3 is 0 Å². The highest BCUT2D eigenvalue weighted by molar-refractivity contribution is 6.19. The molecule has 0 aliphatic heterocycles. The summed E-state index contributed by atoms with van der Waals surface area (Å²) in [4.78, 5) is 0. The fourth-order valence-electron chi connectivity index (χ4n) is 1.31. The molecule has 0 saturated heterocycles. The van der Waals surface area contributed by atoms with Crippen LogP contribution in [-0.2, 0) is 0 Å². The number of ether oxygens (including phenoxy) is 1. The Labute approximate surface area is 113 Å². The van der Waals surface area contributed by atoms with Crippen LogP contribution in [0, 0.1) is 23.1 Å². The number of rotatable bonds is 3. The van der Waals surface area contributed by atoms with Gasteiger partial charge in [-0.05, 0) is 24.0 Å². The molecule has 1 aromatic rings. The summed E-state index contributed by atoms with van der Waals surface area (Å²) in [6.07, 6.45) is 0.895. The van der Waals surface area contributed by atoms with Crippen molar-refractivity contribution in [2.75, 3.05) is 12.5 Å². The van der Waals surface area contributed by atoms with E-state index in [0.717, 1.165) is 6.42 Å². The Balaban J connectivity index is 2.76. The third-order valence-electron chi connectivity index (χ3n) is 2.34. The molecule has 0 aliphatic carbocycles. The van der Waals surface area contributed by atoms with Gasteiger partial charge in [-0.25, -0.2) is 4.39 Å². The topological polar surface area (TPSA) is 9.23 Å². The molecule has 0 radical (unpaired) electrons. The van der Waals surface area contributed by atoms with Crippen LogP contribution in [0.5, 0.6) is 5.75 Å². The minimum Gasteiger partial charge on any atom is -0.492 e. The molecule has 98 valence electrons. The Morgan fingerprint density at radius 1 is 1.33 bits per heavy atom. The molecule has 0 saturated carbocycles. The van der Waals surface area contributed by atoms with Crippen molar-refractivity contribution < 1.29 is 9.13 Å². The molecule has 0 fully saturated rings. The highest BCUT2D eigenvalue weighted by Gasteiger charge is 2.11. The number of alkyl halides is 1. The lowest BCUT2D eigenvalue weighted by molar-refractivity contribution is 0.242. The van der Waals surface area contributed by atoms with Crippen molar-refractivity contribution in [3.05, 3.63) is 29.6 Å². The van der Waals surface area contributed by atoms with E-state index < -0.39 is 0 Å². The van der Waals surface area contributed by atoms with Crippen LogP contribution in [0.15, 0.2) is 18.2 Å². The molecular weight excluding hydrogens is 251 g/mol. The van der Waals surface area contributed by atoms with Crippen molar-refractivity contribution in [1.29, 1.82) is 0 Å². The maximum absolute atomic E-state index is 13.2. The Kier molecular flexibility index (Phi) is 5.50. The number of hydrogen-bond acceptors (Lipinski definition) is 1. The van der Waals surface area contributed by atoms with Gasteiger partial charge in [-0.1, -0.05) is 32.6 Å².